The topological polar surface area (TPSA) is 102 Å². The average Bonchev–Trinajstić information content (AvgIpc) is 2.88. The third kappa shape index (κ3) is 6.38. The van der Waals surface area contributed by atoms with Gasteiger partial charge in [-0.3, -0.25) is 24.6 Å². The van der Waals surface area contributed by atoms with Crippen molar-refractivity contribution in [2.75, 3.05) is 64.3 Å². The number of nitrogens with one attached hydrogen (secondary N) is 1. The molecule has 2 heterocycles. The molecule has 2 amide bonds. The number of nitro benzene ring substituents is 1. The van der Waals surface area contributed by atoms with Gasteiger partial charge in [0.05, 0.1) is 4.92 Å². The quantitative estimate of drug-likeness (QED) is 0.464. The van der Waals surface area contributed by atoms with Gasteiger partial charge in [-0.2, -0.15) is 0 Å². The smallest absolute Gasteiger partial charge is 0.293 e. The van der Waals surface area contributed by atoms with E-state index in [1.807, 2.05) is 17.0 Å². The zero-order valence-electron chi connectivity index (χ0n) is 21.0. The molecule has 0 aromatic heterocycles. The molecule has 0 bridgehead atoms. The Morgan fingerprint density at radius 3 is 2.31 bits per heavy atom. The Hall–Kier alpha value is -3.50. The Balaban J connectivity index is 1.37. The van der Waals surface area contributed by atoms with Gasteiger partial charge < -0.3 is 20.0 Å². The molecule has 1 N–H and O–H groups in total. The minimum absolute atomic E-state index is 0.000958. The first-order chi connectivity index (χ1) is 17.3. The summed E-state index contributed by atoms with van der Waals surface area (Å²) < 4.78 is 0. The monoisotopic (exact) mass is 494 g/mol. The summed E-state index contributed by atoms with van der Waals surface area (Å²) in [6.45, 7) is 9.01. The van der Waals surface area contributed by atoms with Crippen LogP contribution in [0.15, 0.2) is 42.5 Å². The van der Waals surface area contributed by atoms with E-state index < -0.39 is 4.92 Å². The molecular formula is C26H34N6O4. The Labute approximate surface area is 211 Å². The Kier molecular flexibility index (Phi) is 8.17. The molecule has 36 heavy (non-hydrogen) atoms. The summed E-state index contributed by atoms with van der Waals surface area (Å²) in [7, 11) is 2.14. The summed E-state index contributed by atoms with van der Waals surface area (Å²) in [4.78, 5) is 44.1. The third-order valence-electron chi connectivity index (χ3n) is 6.95. The highest BCUT2D eigenvalue weighted by Gasteiger charge is 2.26. The predicted molar refractivity (Wildman–Crippen MR) is 138 cm³/mol. The number of likely N-dealkylation sites (N-methyl/N-ethyl adjacent to an activating group) is 1. The number of anilines is 1. The molecule has 2 saturated heterocycles. The highest BCUT2D eigenvalue weighted by Crippen LogP contribution is 2.30. The van der Waals surface area contributed by atoms with Gasteiger partial charge in [0.15, 0.2) is 0 Å². The van der Waals surface area contributed by atoms with Gasteiger partial charge in [-0.05, 0) is 30.3 Å². The minimum Gasteiger partial charge on any atom is -0.362 e. The first kappa shape index (κ1) is 25.6. The lowest BCUT2D eigenvalue weighted by atomic mass is 10.1. The molecule has 2 aromatic carbocycles. The Morgan fingerprint density at radius 1 is 0.944 bits per heavy atom. The Morgan fingerprint density at radius 2 is 1.64 bits per heavy atom. The molecule has 0 aliphatic carbocycles. The number of piperazine rings is 2. The van der Waals surface area contributed by atoms with Crippen LogP contribution in [0.1, 0.15) is 28.4 Å². The highest BCUT2D eigenvalue weighted by molar-refractivity contribution is 5.95. The molecule has 0 unspecified atom stereocenters. The number of carbonyl (C=O) groups is 2. The lowest BCUT2D eigenvalue weighted by molar-refractivity contribution is -0.384. The number of hydrogen-bond acceptors (Lipinski definition) is 7. The van der Waals surface area contributed by atoms with Gasteiger partial charge in [-0.1, -0.05) is 24.3 Å². The van der Waals surface area contributed by atoms with Crippen molar-refractivity contribution in [2.45, 2.75) is 20.0 Å². The van der Waals surface area contributed by atoms with Crippen LogP contribution >= 0.6 is 0 Å². The number of nitrogens with zero attached hydrogens (tertiary/aromatic N) is 5. The number of hydrogen-bond donors (Lipinski definition) is 1. The van der Waals surface area contributed by atoms with Crippen LogP contribution in [0.5, 0.6) is 0 Å². The number of benzene rings is 2. The summed E-state index contributed by atoms with van der Waals surface area (Å²) in [5, 5.41) is 14.7. The van der Waals surface area contributed by atoms with Crippen molar-refractivity contribution < 1.29 is 14.5 Å². The van der Waals surface area contributed by atoms with Crippen molar-refractivity contribution in [1.29, 1.82) is 0 Å². The summed E-state index contributed by atoms with van der Waals surface area (Å²) in [5.74, 6) is -0.350. The largest absolute Gasteiger partial charge is 0.362 e. The number of carbonyl (C=O) groups excluding carboxylic acids is 2. The van der Waals surface area contributed by atoms with Crippen LogP contribution in [0.25, 0.3) is 0 Å². The maximum absolute atomic E-state index is 12.8. The van der Waals surface area contributed by atoms with Crippen LogP contribution in [0.2, 0.25) is 0 Å². The second-order valence-corrected chi connectivity index (χ2v) is 9.54. The summed E-state index contributed by atoms with van der Waals surface area (Å²) >= 11 is 0. The third-order valence-corrected chi connectivity index (χ3v) is 6.95. The fourth-order valence-corrected chi connectivity index (χ4v) is 4.73. The van der Waals surface area contributed by atoms with Crippen LogP contribution in [0.4, 0.5) is 11.4 Å². The van der Waals surface area contributed by atoms with E-state index in [1.165, 1.54) is 18.6 Å². The van der Waals surface area contributed by atoms with Gasteiger partial charge in [0.1, 0.15) is 5.69 Å². The average molecular weight is 495 g/mol. The first-order valence-electron chi connectivity index (χ1n) is 12.4. The number of rotatable bonds is 7. The fourth-order valence-electron chi connectivity index (χ4n) is 4.73. The Bertz CT molecular complexity index is 1110. The van der Waals surface area contributed by atoms with Crippen molar-refractivity contribution in [3.05, 3.63) is 69.3 Å². The van der Waals surface area contributed by atoms with Crippen molar-refractivity contribution in [3.8, 4) is 0 Å². The molecule has 10 heteroatoms. The van der Waals surface area contributed by atoms with Gasteiger partial charge in [0, 0.05) is 84.0 Å². The normalized spacial score (nSPS) is 17.2. The molecule has 0 atom stereocenters. The summed E-state index contributed by atoms with van der Waals surface area (Å²) in [5.41, 5.74) is 2.81. The molecule has 0 saturated carbocycles. The SMILES string of the molecule is CC(=O)N1CCN(c2ccc(C(=O)NCc3cccc(CN4CCN(C)CC4)c3)cc2[N+](=O)[O-])CC1. The molecule has 0 radical (unpaired) electrons. The molecule has 2 aliphatic heterocycles. The minimum atomic E-state index is -0.453. The van der Waals surface area contributed by atoms with E-state index >= 15 is 0 Å². The van der Waals surface area contributed by atoms with E-state index in [2.05, 4.69) is 34.3 Å². The summed E-state index contributed by atoms with van der Waals surface area (Å²) in [6.07, 6.45) is 0. The predicted octanol–water partition coefficient (Wildman–Crippen LogP) is 1.94. The zero-order chi connectivity index (χ0) is 25.7. The van der Waals surface area contributed by atoms with E-state index in [0.717, 1.165) is 38.3 Å². The highest BCUT2D eigenvalue weighted by atomic mass is 16.6. The van der Waals surface area contributed by atoms with Gasteiger partial charge in [-0.15, -0.1) is 0 Å². The molecule has 2 aliphatic rings. The van der Waals surface area contributed by atoms with Gasteiger partial charge in [0.25, 0.3) is 11.6 Å². The van der Waals surface area contributed by atoms with Crippen LogP contribution in [0.3, 0.4) is 0 Å². The first-order valence-corrected chi connectivity index (χ1v) is 12.4. The molecular weight excluding hydrogens is 460 g/mol. The van der Waals surface area contributed by atoms with Crippen molar-refractivity contribution >= 4 is 23.2 Å². The van der Waals surface area contributed by atoms with Crippen LogP contribution in [-0.2, 0) is 17.9 Å². The van der Waals surface area contributed by atoms with Crippen molar-refractivity contribution in [3.63, 3.8) is 0 Å². The van der Waals surface area contributed by atoms with E-state index in [4.69, 9.17) is 0 Å². The molecule has 4 rings (SSSR count). The fraction of sp³-hybridized carbons (Fsp3) is 0.462. The lowest BCUT2D eigenvalue weighted by Gasteiger charge is -2.35. The van der Waals surface area contributed by atoms with E-state index in [9.17, 15) is 19.7 Å². The van der Waals surface area contributed by atoms with Crippen LogP contribution < -0.4 is 10.2 Å². The standard InChI is InChI=1S/C26H34N6O4/c1-20(33)30-12-14-31(15-13-30)24-7-6-23(17-25(24)32(35)36)26(34)27-18-21-4-3-5-22(16-21)19-29-10-8-28(2)9-11-29/h3-7,16-17H,8-15,18-19H2,1-2H3,(H,27,34). The molecule has 0 spiro atoms. The maximum Gasteiger partial charge on any atom is 0.293 e. The summed E-state index contributed by atoms with van der Waals surface area (Å²) in [6, 6.07) is 12.8. The van der Waals surface area contributed by atoms with Crippen molar-refractivity contribution in [2.24, 2.45) is 0 Å². The molecule has 2 aromatic rings. The van der Waals surface area contributed by atoms with Crippen molar-refractivity contribution in [1.82, 2.24) is 20.0 Å². The van der Waals surface area contributed by atoms with Crippen LogP contribution in [-0.4, -0.2) is 90.8 Å². The van der Waals surface area contributed by atoms with E-state index in [1.54, 1.807) is 17.0 Å². The van der Waals surface area contributed by atoms with E-state index in [-0.39, 0.29) is 23.1 Å². The van der Waals surface area contributed by atoms with Gasteiger partial charge in [-0.25, -0.2) is 0 Å². The second-order valence-electron chi connectivity index (χ2n) is 9.54. The molecule has 2 fully saturated rings. The maximum atomic E-state index is 12.8. The molecule has 10 nitrogen and oxygen atoms in total. The number of nitro groups is 1. The van der Waals surface area contributed by atoms with Crippen LogP contribution in [0, 0.1) is 10.1 Å². The van der Waals surface area contributed by atoms with Gasteiger partial charge >= 0.3 is 0 Å². The molecule has 192 valence electrons. The second kappa shape index (κ2) is 11.5. The van der Waals surface area contributed by atoms with Gasteiger partial charge in [0.2, 0.25) is 5.91 Å². The zero-order valence-corrected chi connectivity index (χ0v) is 21.0. The number of amides is 2. The lowest BCUT2D eigenvalue weighted by Crippen LogP contribution is -2.48. The van der Waals surface area contributed by atoms with E-state index in [0.29, 0.717) is 38.4 Å².